The van der Waals surface area contributed by atoms with Crippen LogP contribution in [0.3, 0.4) is 0 Å². The Morgan fingerprint density at radius 1 is 0.613 bits per heavy atom. The van der Waals surface area contributed by atoms with E-state index in [9.17, 15) is 9.59 Å². The smallest absolute Gasteiger partial charge is 0.334 e. The van der Waals surface area contributed by atoms with E-state index < -0.39 is 25.4 Å². The van der Waals surface area contributed by atoms with Gasteiger partial charge in [-0.05, 0) is 64.2 Å². The van der Waals surface area contributed by atoms with Gasteiger partial charge in [-0.1, -0.05) is 25.7 Å². The van der Waals surface area contributed by atoms with Crippen molar-refractivity contribution in [2.24, 2.45) is 0 Å². The average molecular weight is 525 g/mol. The summed E-state index contributed by atoms with van der Waals surface area (Å²) in [4.78, 5) is 20.3. The fraction of sp³-hybridized carbons (Fsp3) is 0.889. The zero-order valence-electron chi connectivity index (χ0n) is 18.9. The molecule has 0 aromatic carbocycles. The highest BCUT2D eigenvalue weighted by Gasteiger charge is 2.31. The third kappa shape index (κ3) is 21.6. The van der Waals surface area contributed by atoms with Gasteiger partial charge in [-0.15, -0.1) is 0 Å². The standard InChI is InChI=1S/C10H18O4.C8H20O5P2S2/c11-9(12)7-5-3-1-2-4-6-8-10(13)14;1-5-9-14(16,10-6-2)13-15(17,11-7-3)12-8-4/h1-8H2,(H,11,12)(H,13,14);5-8H2,1-4H3. The molecule has 0 saturated heterocycles. The fourth-order valence-corrected chi connectivity index (χ4v) is 8.56. The number of carboxylic acid groups (broad SMARTS) is 2. The predicted molar refractivity (Wildman–Crippen MR) is 128 cm³/mol. The van der Waals surface area contributed by atoms with Crippen LogP contribution in [0.4, 0.5) is 0 Å². The molecule has 0 aromatic heterocycles. The van der Waals surface area contributed by atoms with Gasteiger partial charge in [-0.2, -0.15) is 0 Å². The van der Waals surface area contributed by atoms with Crippen LogP contribution in [0.25, 0.3) is 0 Å². The third-order valence-electron chi connectivity index (χ3n) is 3.38. The maximum Gasteiger partial charge on any atom is 0.334 e. The van der Waals surface area contributed by atoms with Crippen molar-refractivity contribution >= 4 is 49.0 Å². The molecule has 31 heavy (non-hydrogen) atoms. The number of hydrogen-bond donors (Lipinski definition) is 2. The summed E-state index contributed by atoms with van der Waals surface area (Å²) in [6.45, 7) is 3.09. The first-order valence-electron chi connectivity index (χ1n) is 10.5. The van der Waals surface area contributed by atoms with Crippen LogP contribution in [-0.2, 0) is 55.6 Å². The molecule has 0 amide bonds. The molecular formula is C18H38O9P2S2. The number of carbonyl (C=O) groups is 2. The number of rotatable bonds is 19. The highest BCUT2D eigenvalue weighted by atomic mass is 32.5. The highest BCUT2D eigenvalue weighted by molar-refractivity contribution is 8.14. The van der Waals surface area contributed by atoms with E-state index in [2.05, 4.69) is 0 Å². The van der Waals surface area contributed by atoms with Crippen LogP contribution >= 0.6 is 13.4 Å². The first-order valence-corrected chi connectivity index (χ1v) is 15.6. The maximum absolute atomic E-state index is 10.1. The van der Waals surface area contributed by atoms with Gasteiger partial charge in [0.05, 0.1) is 26.4 Å². The van der Waals surface area contributed by atoms with E-state index in [0.29, 0.717) is 26.4 Å². The Hall–Kier alpha value is 0.0400. The van der Waals surface area contributed by atoms with Gasteiger partial charge in [0.1, 0.15) is 0 Å². The average Bonchev–Trinajstić information content (AvgIpc) is 2.64. The third-order valence-corrected chi connectivity index (χ3v) is 9.74. The lowest BCUT2D eigenvalue weighted by atomic mass is 10.1. The molecule has 0 atom stereocenters. The quantitative estimate of drug-likeness (QED) is 0.156. The molecule has 2 N–H and O–H groups in total. The van der Waals surface area contributed by atoms with Crippen molar-refractivity contribution in [1.82, 2.24) is 0 Å². The Bertz CT molecular complexity index is 508. The van der Waals surface area contributed by atoms with Crippen molar-refractivity contribution in [1.29, 1.82) is 0 Å². The molecule has 0 aliphatic rings. The van der Waals surface area contributed by atoms with Gasteiger partial charge in [0.2, 0.25) is 0 Å². The molecule has 9 nitrogen and oxygen atoms in total. The van der Waals surface area contributed by atoms with Gasteiger partial charge in [-0.25, -0.2) is 4.31 Å². The van der Waals surface area contributed by atoms with Gasteiger partial charge >= 0.3 is 25.4 Å². The Kier molecular flexibility index (Phi) is 22.1. The van der Waals surface area contributed by atoms with Crippen LogP contribution in [0.5, 0.6) is 0 Å². The van der Waals surface area contributed by atoms with Crippen LogP contribution in [0.2, 0.25) is 0 Å². The summed E-state index contributed by atoms with van der Waals surface area (Å²) in [6, 6.07) is 0. The Labute approximate surface area is 196 Å². The lowest BCUT2D eigenvalue weighted by Gasteiger charge is -2.27. The van der Waals surface area contributed by atoms with Gasteiger partial charge < -0.3 is 28.3 Å². The highest BCUT2D eigenvalue weighted by Crippen LogP contribution is 2.66. The summed E-state index contributed by atoms with van der Waals surface area (Å²) < 4.78 is 26.9. The van der Waals surface area contributed by atoms with Crippen molar-refractivity contribution in [3.8, 4) is 0 Å². The van der Waals surface area contributed by atoms with Crippen LogP contribution < -0.4 is 0 Å². The van der Waals surface area contributed by atoms with E-state index >= 15 is 0 Å². The minimum absolute atomic E-state index is 0.245. The summed E-state index contributed by atoms with van der Waals surface area (Å²) in [7, 11) is 0. The van der Waals surface area contributed by atoms with E-state index in [1.165, 1.54) is 0 Å². The van der Waals surface area contributed by atoms with E-state index in [-0.39, 0.29) is 12.8 Å². The van der Waals surface area contributed by atoms with Crippen molar-refractivity contribution in [3.63, 3.8) is 0 Å². The minimum atomic E-state index is -2.87. The summed E-state index contributed by atoms with van der Waals surface area (Å²) in [5, 5.41) is 16.7. The molecular weight excluding hydrogens is 486 g/mol. The lowest BCUT2D eigenvalue weighted by molar-refractivity contribution is -0.138. The number of hydrogen-bond acceptors (Lipinski definition) is 9. The molecule has 0 saturated carbocycles. The van der Waals surface area contributed by atoms with Crippen molar-refractivity contribution in [3.05, 3.63) is 0 Å². The molecule has 0 rings (SSSR count). The second-order valence-electron chi connectivity index (χ2n) is 6.06. The maximum atomic E-state index is 10.1. The largest absolute Gasteiger partial charge is 0.481 e. The van der Waals surface area contributed by atoms with Gasteiger partial charge in [0, 0.05) is 12.8 Å². The van der Waals surface area contributed by atoms with Crippen molar-refractivity contribution in [2.75, 3.05) is 26.4 Å². The van der Waals surface area contributed by atoms with Crippen LogP contribution in [-0.4, -0.2) is 48.6 Å². The normalized spacial score (nSPS) is 11.6. The van der Waals surface area contributed by atoms with Crippen LogP contribution in [0.1, 0.15) is 79.1 Å². The summed E-state index contributed by atoms with van der Waals surface area (Å²) in [5.41, 5.74) is 0. The van der Waals surface area contributed by atoms with E-state index in [1.54, 1.807) is 0 Å². The molecule has 0 aliphatic carbocycles. The second-order valence-corrected chi connectivity index (χ2v) is 12.2. The number of unbranched alkanes of at least 4 members (excludes halogenated alkanes) is 5. The predicted octanol–water partition coefficient (Wildman–Crippen LogP) is 5.87. The molecule has 186 valence electrons. The van der Waals surface area contributed by atoms with Crippen molar-refractivity contribution in [2.45, 2.75) is 79.1 Å². The van der Waals surface area contributed by atoms with Gasteiger partial charge in [-0.3, -0.25) is 9.59 Å². The fourth-order valence-electron chi connectivity index (χ4n) is 2.18. The zero-order valence-corrected chi connectivity index (χ0v) is 22.4. The van der Waals surface area contributed by atoms with E-state index in [4.69, 9.17) is 56.2 Å². The summed E-state index contributed by atoms with van der Waals surface area (Å²) >= 11 is 10.4. The van der Waals surface area contributed by atoms with Gasteiger partial charge in [0.25, 0.3) is 0 Å². The second kappa shape index (κ2) is 20.6. The molecule has 0 heterocycles. The molecule has 0 aromatic rings. The number of aliphatic carboxylic acids is 2. The molecule has 0 bridgehead atoms. The first kappa shape index (κ1) is 33.2. The zero-order chi connectivity index (χ0) is 24.2. The summed E-state index contributed by atoms with van der Waals surface area (Å²) in [6.07, 6.45) is 5.82. The molecule has 0 spiro atoms. The Morgan fingerprint density at radius 3 is 1.10 bits per heavy atom. The summed E-state index contributed by atoms with van der Waals surface area (Å²) in [5.74, 6) is -1.48. The van der Waals surface area contributed by atoms with E-state index in [1.807, 2.05) is 27.7 Å². The Balaban J connectivity index is 0. The molecule has 13 heteroatoms. The first-order chi connectivity index (χ1) is 14.6. The number of carboxylic acids is 2. The monoisotopic (exact) mass is 524 g/mol. The Morgan fingerprint density at radius 2 is 0.871 bits per heavy atom. The SMILES string of the molecule is CCOP(=S)(OCC)OP(=S)(OCC)OCC.O=C(O)CCCCCCCCC(=O)O. The van der Waals surface area contributed by atoms with Gasteiger partial charge in [0.15, 0.2) is 0 Å². The van der Waals surface area contributed by atoms with E-state index in [0.717, 1.165) is 38.5 Å². The lowest BCUT2D eigenvalue weighted by Crippen LogP contribution is -2.03. The minimum Gasteiger partial charge on any atom is -0.481 e. The topological polar surface area (TPSA) is 121 Å². The van der Waals surface area contributed by atoms with Crippen molar-refractivity contribution < 1.29 is 42.2 Å². The molecule has 0 aliphatic heterocycles. The molecule has 0 radical (unpaired) electrons. The molecule has 0 fully saturated rings. The van der Waals surface area contributed by atoms with Crippen LogP contribution in [0.15, 0.2) is 0 Å². The molecule has 0 unspecified atom stereocenters. The van der Waals surface area contributed by atoms with Crippen LogP contribution in [0, 0.1) is 0 Å².